The first-order valence-corrected chi connectivity index (χ1v) is 14.9. The number of benzene rings is 3. The number of carbonyl (C=O) groups excluding carboxylic acids is 2. The minimum atomic E-state index is -0.246. The molecule has 1 aliphatic rings. The molecule has 2 aromatic heterocycles. The maximum atomic E-state index is 13.9. The van der Waals surface area contributed by atoms with E-state index in [2.05, 4.69) is 41.5 Å². The number of nitrogens with one attached hydrogen (secondary N) is 1. The first-order valence-electron chi connectivity index (χ1n) is 13.9. The van der Waals surface area contributed by atoms with Crippen molar-refractivity contribution in [3.05, 3.63) is 131 Å². The summed E-state index contributed by atoms with van der Waals surface area (Å²) in [4.78, 5) is 33.0. The molecule has 0 bridgehead atoms. The van der Waals surface area contributed by atoms with Gasteiger partial charge in [0.25, 0.3) is 0 Å². The number of aromatic nitrogens is 3. The van der Waals surface area contributed by atoms with Gasteiger partial charge in [0.2, 0.25) is 11.8 Å². The lowest BCUT2D eigenvalue weighted by atomic mass is 9.98. The van der Waals surface area contributed by atoms with Gasteiger partial charge in [0.05, 0.1) is 22.4 Å². The molecule has 0 saturated carbocycles. The molecule has 3 heterocycles. The predicted molar refractivity (Wildman–Crippen MR) is 168 cm³/mol. The number of anilines is 1. The summed E-state index contributed by atoms with van der Waals surface area (Å²) in [6.45, 7) is 4.33. The SMILES string of the molecule is Cc1cccc([C@@H]2SCC(=O)N(CC(=O)NCc3ccncc3)c3c2c(-c2ccccc2)nn3-c2ccccc2C)c1. The molecule has 3 aromatic carbocycles. The summed E-state index contributed by atoms with van der Waals surface area (Å²) in [6, 6.07) is 30.2. The predicted octanol–water partition coefficient (Wildman–Crippen LogP) is 6.04. The van der Waals surface area contributed by atoms with Crippen LogP contribution in [0.3, 0.4) is 0 Å². The van der Waals surface area contributed by atoms with Crippen LogP contribution >= 0.6 is 11.8 Å². The third-order valence-electron chi connectivity index (χ3n) is 7.37. The number of rotatable bonds is 7. The number of para-hydroxylation sites is 1. The van der Waals surface area contributed by atoms with Crippen molar-refractivity contribution in [1.29, 1.82) is 0 Å². The summed E-state index contributed by atoms with van der Waals surface area (Å²) in [6.07, 6.45) is 3.39. The number of amides is 2. The average Bonchev–Trinajstić information content (AvgIpc) is 3.33. The van der Waals surface area contributed by atoms with Gasteiger partial charge in [-0.05, 0) is 48.7 Å². The summed E-state index contributed by atoms with van der Waals surface area (Å²) >= 11 is 1.58. The van der Waals surface area contributed by atoms with Gasteiger partial charge < -0.3 is 5.32 Å². The van der Waals surface area contributed by atoms with Crippen molar-refractivity contribution >= 4 is 29.4 Å². The average molecular weight is 574 g/mol. The Hall–Kier alpha value is -4.69. The topological polar surface area (TPSA) is 80.1 Å². The van der Waals surface area contributed by atoms with Gasteiger partial charge in [-0.1, -0.05) is 78.4 Å². The van der Waals surface area contributed by atoms with E-state index in [1.807, 2.05) is 78.3 Å². The molecule has 210 valence electrons. The smallest absolute Gasteiger partial charge is 0.240 e. The highest BCUT2D eigenvalue weighted by Gasteiger charge is 2.37. The molecule has 1 atom stereocenters. The number of carbonyl (C=O) groups is 2. The van der Waals surface area contributed by atoms with Crippen LogP contribution in [-0.4, -0.2) is 38.9 Å². The van der Waals surface area contributed by atoms with Gasteiger partial charge in [-0.2, -0.15) is 5.10 Å². The van der Waals surface area contributed by atoms with E-state index in [0.29, 0.717) is 12.4 Å². The van der Waals surface area contributed by atoms with Crippen LogP contribution in [0.2, 0.25) is 0 Å². The summed E-state index contributed by atoms with van der Waals surface area (Å²) in [5.41, 5.74) is 7.73. The van der Waals surface area contributed by atoms with Crippen LogP contribution in [0, 0.1) is 13.8 Å². The Balaban J connectivity index is 1.53. The van der Waals surface area contributed by atoms with Gasteiger partial charge in [-0.3, -0.25) is 19.5 Å². The van der Waals surface area contributed by atoms with E-state index in [1.165, 1.54) is 0 Å². The van der Waals surface area contributed by atoms with Crippen molar-refractivity contribution in [2.45, 2.75) is 25.6 Å². The van der Waals surface area contributed by atoms with Crippen LogP contribution in [0.25, 0.3) is 16.9 Å². The van der Waals surface area contributed by atoms with Crippen LogP contribution in [-0.2, 0) is 16.1 Å². The highest BCUT2D eigenvalue weighted by atomic mass is 32.2. The second-order valence-electron chi connectivity index (χ2n) is 10.4. The van der Waals surface area contributed by atoms with Crippen molar-refractivity contribution in [2.75, 3.05) is 17.2 Å². The highest BCUT2D eigenvalue weighted by molar-refractivity contribution is 8.00. The fraction of sp³-hybridized carbons (Fsp3) is 0.176. The normalized spacial score (nSPS) is 14.8. The number of fused-ring (bicyclic) bond motifs is 1. The van der Waals surface area contributed by atoms with E-state index in [-0.39, 0.29) is 29.4 Å². The molecule has 0 radical (unpaired) electrons. The second-order valence-corrected chi connectivity index (χ2v) is 11.5. The number of aryl methyl sites for hydroxylation is 2. The van der Waals surface area contributed by atoms with Crippen molar-refractivity contribution < 1.29 is 9.59 Å². The Kier molecular flexibility index (Phi) is 7.88. The Labute approximate surface area is 249 Å². The molecule has 5 aromatic rings. The third kappa shape index (κ3) is 5.58. The lowest BCUT2D eigenvalue weighted by Crippen LogP contribution is -2.42. The van der Waals surface area contributed by atoms with Crippen molar-refractivity contribution in [3.8, 4) is 16.9 Å². The summed E-state index contributed by atoms with van der Waals surface area (Å²) in [7, 11) is 0. The quantitative estimate of drug-likeness (QED) is 0.257. The van der Waals surface area contributed by atoms with Crippen LogP contribution in [0.5, 0.6) is 0 Å². The number of hydrogen-bond donors (Lipinski definition) is 1. The molecule has 7 nitrogen and oxygen atoms in total. The van der Waals surface area contributed by atoms with Crippen LogP contribution in [0.15, 0.2) is 103 Å². The number of thioether (sulfide) groups is 1. The molecule has 0 aliphatic carbocycles. The Morgan fingerprint density at radius 3 is 2.48 bits per heavy atom. The second kappa shape index (κ2) is 12.0. The van der Waals surface area contributed by atoms with Crippen LogP contribution < -0.4 is 10.2 Å². The Morgan fingerprint density at radius 1 is 0.952 bits per heavy atom. The van der Waals surface area contributed by atoms with Gasteiger partial charge in [0, 0.05) is 30.1 Å². The lowest BCUT2D eigenvalue weighted by molar-refractivity contribution is -0.123. The summed E-state index contributed by atoms with van der Waals surface area (Å²) in [5, 5.41) is 8.00. The minimum absolute atomic E-state index is 0.121. The van der Waals surface area contributed by atoms with Gasteiger partial charge in [-0.25, -0.2) is 4.68 Å². The van der Waals surface area contributed by atoms with E-state index in [1.54, 1.807) is 29.1 Å². The van der Waals surface area contributed by atoms with Gasteiger partial charge in [-0.15, -0.1) is 11.8 Å². The highest BCUT2D eigenvalue weighted by Crippen LogP contribution is 2.48. The molecule has 1 aliphatic heterocycles. The summed E-state index contributed by atoms with van der Waals surface area (Å²) < 4.78 is 1.86. The third-order valence-corrected chi connectivity index (χ3v) is 8.62. The van der Waals surface area contributed by atoms with E-state index in [0.717, 1.165) is 44.8 Å². The van der Waals surface area contributed by atoms with Gasteiger partial charge in [0.15, 0.2) is 0 Å². The van der Waals surface area contributed by atoms with Gasteiger partial charge >= 0.3 is 0 Å². The number of nitrogens with zero attached hydrogens (tertiary/aromatic N) is 4. The minimum Gasteiger partial charge on any atom is -0.350 e. The monoisotopic (exact) mass is 573 g/mol. The first-order chi connectivity index (χ1) is 20.5. The maximum Gasteiger partial charge on any atom is 0.240 e. The zero-order chi connectivity index (χ0) is 29.1. The van der Waals surface area contributed by atoms with Gasteiger partial charge in [0.1, 0.15) is 12.4 Å². The fourth-order valence-corrected chi connectivity index (χ4v) is 6.48. The number of pyridine rings is 1. The Morgan fingerprint density at radius 2 is 1.71 bits per heavy atom. The van der Waals surface area contributed by atoms with Crippen molar-refractivity contribution in [3.63, 3.8) is 0 Å². The molecule has 42 heavy (non-hydrogen) atoms. The van der Waals surface area contributed by atoms with E-state index >= 15 is 0 Å². The fourth-order valence-electron chi connectivity index (χ4n) is 5.29. The van der Waals surface area contributed by atoms with E-state index in [9.17, 15) is 9.59 Å². The maximum absolute atomic E-state index is 13.9. The zero-order valence-corrected chi connectivity index (χ0v) is 24.3. The molecule has 0 fully saturated rings. The summed E-state index contributed by atoms with van der Waals surface area (Å²) in [5.74, 6) is 0.477. The van der Waals surface area contributed by atoms with Crippen molar-refractivity contribution in [2.24, 2.45) is 0 Å². The molecule has 0 saturated heterocycles. The first kappa shape index (κ1) is 27.5. The molecule has 1 N–H and O–H groups in total. The van der Waals surface area contributed by atoms with Crippen molar-refractivity contribution in [1.82, 2.24) is 20.1 Å². The van der Waals surface area contributed by atoms with E-state index < -0.39 is 0 Å². The molecule has 2 amide bonds. The largest absolute Gasteiger partial charge is 0.350 e. The number of hydrogen-bond acceptors (Lipinski definition) is 5. The van der Waals surface area contributed by atoms with E-state index in [4.69, 9.17) is 5.10 Å². The molecular formula is C34H31N5O2S. The molecular weight excluding hydrogens is 542 g/mol. The van der Waals surface area contributed by atoms with Crippen LogP contribution in [0.4, 0.5) is 5.82 Å². The standard InChI is InChI=1S/C34H31N5O2S/c1-23-9-8-13-27(19-23)33-31-32(26-11-4-3-5-12-26)37-39(28-14-7-6-10-24(28)2)34(31)38(30(41)22-42-33)21-29(40)36-20-25-15-17-35-18-16-25/h3-19,33H,20-22H2,1-2H3,(H,36,40)/t33-/m0/s1. The molecule has 8 heteroatoms. The molecule has 0 unspecified atom stereocenters. The Bertz CT molecular complexity index is 1740. The lowest BCUT2D eigenvalue weighted by Gasteiger charge is -2.24. The zero-order valence-electron chi connectivity index (χ0n) is 23.5. The molecule has 0 spiro atoms. The van der Waals surface area contributed by atoms with Crippen LogP contribution in [0.1, 0.15) is 33.1 Å². The molecule has 6 rings (SSSR count).